The van der Waals surface area contributed by atoms with Crippen molar-refractivity contribution < 1.29 is 41.6 Å². The number of alkyl halides is 3. The van der Waals surface area contributed by atoms with Crippen LogP contribution in [0.3, 0.4) is 0 Å². The minimum atomic E-state index is -4.43. The van der Waals surface area contributed by atoms with Gasteiger partial charge < -0.3 is 9.84 Å². The Hall–Kier alpha value is -0.740. The lowest BCUT2D eigenvalue weighted by atomic mass is 9.50. The molecule has 8 bridgehead atoms. The Balaban J connectivity index is 0.000000204. The fourth-order valence-corrected chi connectivity index (χ4v) is 10.3. The minimum absolute atomic E-state index is 0.110. The Morgan fingerprint density at radius 3 is 1.73 bits per heavy atom. The summed E-state index contributed by atoms with van der Waals surface area (Å²) in [5, 5.41) is 8.92. The van der Waals surface area contributed by atoms with Crippen LogP contribution in [0, 0.1) is 59.2 Å². The first-order chi connectivity index (χ1) is 19.2. The van der Waals surface area contributed by atoms with Gasteiger partial charge in [0.25, 0.3) is 0 Å². The van der Waals surface area contributed by atoms with E-state index < -0.39 is 43.1 Å². The molecular formula is C30H42ClF5O4. The van der Waals surface area contributed by atoms with E-state index in [1.165, 1.54) is 32.1 Å². The van der Waals surface area contributed by atoms with Crippen LogP contribution in [-0.2, 0) is 14.5 Å². The lowest BCUT2D eigenvalue weighted by Gasteiger charge is -2.56. The van der Waals surface area contributed by atoms with Crippen LogP contribution in [-0.4, -0.2) is 36.1 Å². The molecular weight excluding hydrogens is 555 g/mol. The molecule has 0 aromatic heterocycles. The number of hydrogen-bond donors (Lipinski definition) is 1. The average molecular weight is 597 g/mol. The summed E-state index contributed by atoms with van der Waals surface area (Å²) in [6, 6.07) is 0.396. The molecule has 2 atom stereocenters. The highest BCUT2D eigenvalue weighted by atomic mass is 35.5. The van der Waals surface area contributed by atoms with Gasteiger partial charge in [0.2, 0.25) is 5.83 Å². The monoisotopic (exact) mass is 596 g/mol. The number of allylic oxidation sites excluding steroid dienone is 2. The molecule has 228 valence electrons. The molecule has 0 radical (unpaired) electrons. The number of rotatable bonds is 11. The molecule has 8 aliphatic carbocycles. The van der Waals surface area contributed by atoms with Gasteiger partial charge in [0.05, 0.1) is 12.0 Å². The summed E-state index contributed by atoms with van der Waals surface area (Å²) in [5.74, 6) is -4.29. The van der Waals surface area contributed by atoms with Gasteiger partial charge in [-0.3, -0.25) is 0 Å². The van der Waals surface area contributed by atoms with E-state index in [-0.39, 0.29) is 17.8 Å². The second-order valence-corrected chi connectivity index (χ2v) is 13.5. The van der Waals surface area contributed by atoms with Crippen LogP contribution < -0.4 is 0 Å². The van der Waals surface area contributed by atoms with Crippen molar-refractivity contribution in [3.05, 3.63) is 24.6 Å². The fraction of sp³-hybridized carbons (Fsp3) is 0.867. The molecule has 4 nitrogen and oxygen atoms in total. The number of aliphatic hydroxyl groups excluding tert-OH is 1. The summed E-state index contributed by atoms with van der Waals surface area (Å²) in [7, 11) is 0. The van der Waals surface area contributed by atoms with Gasteiger partial charge >= 0.3 is 12.0 Å². The first-order valence-electron chi connectivity index (χ1n) is 14.9. The van der Waals surface area contributed by atoms with Crippen LogP contribution >= 0.6 is 11.6 Å². The first-order valence-corrected chi connectivity index (χ1v) is 15.5. The number of halogens is 6. The van der Waals surface area contributed by atoms with Crippen molar-refractivity contribution in [1.82, 2.24) is 0 Å². The van der Waals surface area contributed by atoms with Crippen LogP contribution in [0.4, 0.5) is 22.0 Å². The van der Waals surface area contributed by atoms with Crippen molar-refractivity contribution in [2.75, 3.05) is 12.9 Å². The molecule has 8 rings (SSSR count). The van der Waals surface area contributed by atoms with E-state index in [9.17, 15) is 22.0 Å². The van der Waals surface area contributed by atoms with Crippen molar-refractivity contribution >= 4 is 11.6 Å². The maximum Gasteiger partial charge on any atom is 0.309 e. The Morgan fingerprint density at radius 1 is 0.850 bits per heavy atom. The Labute approximate surface area is 238 Å². The Kier molecular flexibility index (Phi) is 9.88. The smallest absolute Gasteiger partial charge is 0.309 e. The quantitative estimate of drug-likeness (QED) is 0.0651. The Morgan fingerprint density at radius 2 is 1.32 bits per heavy atom. The standard InChI is InChI=1S/C19H25F5O3.C11H17ClO/c1-2-3-14(19(23,24)17(20)18(21)22)16(27-26-9-25)15-12-5-10-4-11(7-12)8-13(15)6-10;12-6-13-11-9-2-7-1-8(4-9)5-10(11)3-7/h2,10-16,25H,1,3-9H2;7-11H,1-6H2. The van der Waals surface area contributed by atoms with Crippen LogP contribution in [0.25, 0.3) is 0 Å². The van der Waals surface area contributed by atoms with Gasteiger partial charge in [0.1, 0.15) is 12.2 Å². The highest BCUT2D eigenvalue weighted by Crippen LogP contribution is 2.60. The Bertz CT molecular complexity index is 857. The van der Waals surface area contributed by atoms with Crippen molar-refractivity contribution in [2.45, 2.75) is 88.8 Å². The van der Waals surface area contributed by atoms with Crippen molar-refractivity contribution in [3.63, 3.8) is 0 Å². The zero-order valence-electron chi connectivity index (χ0n) is 22.8. The van der Waals surface area contributed by atoms with E-state index in [2.05, 4.69) is 11.5 Å². The second-order valence-electron chi connectivity index (χ2n) is 13.3. The van der Waals surface area contributed by atoms with Crippen LogP contribution in [0.15, 0.2) is 24.6 Å². The van der Waals surface area contributed by atoms with Crippen molar-refractivity contribution in [3.8, 4) is 0 Å². The maximum atomic E-state index is 14.7. The number of hydrogen-bond acceptors (Lipinski definition) is 4. The molecule has 8 saturated carbocycles. The van der Waals surface area contributed by atoms with Gasteiger partial charge in [-0.15, -0.1) is 6.58 Å². The van der Waals surface area contributed by atoms with E-state index in [1.54, 1.807) is 0 Å². The molecule has 40 heavy (non-hydrogen) atoms. The molecule has 0 aliphatic heterocycles. The summed E-state index contributed by atoms with van der Waals surface area (Å²) in [6.07, 6.45) is 8.75. The predicted octanol–water partition coefficient (Wildman–Crippen LogP) is 8.25. The predicted molar refractivity (Wildman–Crippen MR) is 140 cm³/mol. The first kappa shape index (κ1) is 30.7. The molecule has 10 heteroatoms. The molecule has 0 heterocycles. The van der Waals surface area contributed by atoms with Crippen molar-refractivity contribution in [2.24, 2.45) is 59.2 Å². The maximum absolute atomic E-state index is 14.7. The zero-order chi connectivity index (χ0) is 28.6. The van der Waals surface area contributed by atoms with E-state index in [1.807, 2.05) is 0 Å². The third kappa shape index (κ3) is 6.15. The summed E-state index contributed by atoms with van der Waals surface area (Å²) in [6.45, 7) is 2.54. The minimum Gasteiger partial charge on any atom is -0.368 e. The van der Waals surface area contributed by atoms with Gasteiger partial charge in [0.15, 0.2) is 6.79 Å². The van der Waals surface area contributed by atoms with Gasteiger partial charge in [0, 0.05) is 0 Å². The van der Waals surface area contributed by atoms with Gasteiger partial charge in [-0.2, -0.15) is 22.0 Å². The van der Waals surface area contributed by atoms with Gasteiger partial charge in [-0.1, -0.05) is 17.7 Å². The molecule has 8 aliphatic rings. The summed E-state index contributed by atoms with van der Waals surface area (Å²) in [5.41, 5.74) is 0. The molecule has 0 spiro atoms. The lowest BCUT2D eigenvalue weighted by molar-refractivity contribution is -0.386. The fourth-order valence-electron chi connectivity index (χ4n) is 10.2. The highest BCUT2D eigenvalue weighted by Gasteiger charge is 2.58. The molecule has 0 amide bonds. The van der Waals surface area contributed by atoms with Crippen LogP contribution in [0.1, 0.15) is 70.6 Å². The van der Waals surface area contributed by atoms with Crippen LogP contribution in [0.5, 0.6) is 0 Å². The summed E-state index contributed by atoms with van der Waals surface area (Å²) in [4.78, 5) is 9.71. The van der Waals surface area contributed by atoms with E-state index in [0.29, 0.717) is 24.0 Å². The highest BCUT2D eigenvalue weighted by molar-refractivity contribution is 6.17. The molecule has 8 fully saturated rings. The molecule has 1 N–H and O–H groups in total. The lowest BCUT2D eigenvalue weighted by Crippen LogP contribution is -2.54. The molecule has 0 aromatic carbocycles. The van der Waals surface area contributed by atoms with Gasteiger partial charge in [-0.25, -0.2) is 9.78 Å². The topological polar surface area (TPSA) is 47.9 Å². The number of aliphatic hydroxyl groups is 1. The number of ether oxygens (including phenoxy) is 1. The summed E-state index contributed by atoms with van der Waals surface area (Å²) < 4.78 is 74.0. The zero-order valence-corrected chi connectivity index (χ0v) is 23.6. The largest absolute Gasteiger partial charge is 0.368 e. The third-order valence-electron chi connectivity index (χ3n) is 11.0. The second kappa shape index (κ2) is 12.9. The van der Waals surface area contributed by atoms with Crippen LogP contribution in [0.2, 0.25) is 0 Å². The van der Waals surface area contributed by atoms with Gasteiger partial charge in [-0.05, 0) is 124 Å². The molecule has 2 unspecified atom stereocenters. The average Bonchev–Trinajstić information content (AvgIpc) is 2.90. The molecule has 0 aromatic rings. The SMILES string of the molecule is C=CCC(C(OOCO)C1C2CC3CC(C2)CC1C3)C(F)(F)C(F)=C(F)F.ClCOC1C2CC3CC(C2)CC1C3. The van der Waals surface area contributed by atoms with Crippen molar-refractivity contribution in [1.29, 1.82) is 0 Å². The van der Waals surface area contributed by atoms with E-state index >= 15 is 0 Å². The third-order valence-corrected chi connectivity index (χ3v) is 11.2. The normalized spacial score (nSPS) is 40.4. The van der Waals surface area contributed by atoms with E-state index in [0.717, 1.165) is 61.9 Å². The van der Waals surface area contributed by atoms with E-state index in [4.69, 9.17) is 26.3 Å². The summed E-state index contributed by atoms with van der Waals surface area (Å²) >= 11 is 5.67. The molecule has 0 saturated heterocycles.